The number of carbonyl (C=O) groups is 3. The number of aryl methyl sites for hydroxylation is 2. The van der Waals surface area contributed by atoms with Gasteiger partial charge in [0.05, 0.1) is 6.04 Å². The van der Waals surface area contributed by atoms with E-state index in [1.54, 1.807) is 0 Å². The van der Waals surface area contributed by atoms with Crippen molar-refractivity contribution in [1.29, 1.82) is 0 Å². The van der Waals surface area contributed by atoms with E-state index >= 15 is 0 Å². The Morgan fingerprint density at radius 1 is 1.10 bits per heavy atom. The van der Waals surface area contributed by atoms with Crippen LogP contribution in [-0.4, -0.2) is 56.4 Å². The molecule has 4 atom stereocenters. The number of hydrogen-bond acceptors (Lipinski definition) is 4. The maximum absolute atomic E-state index is 14.5. The topological polar surface area (TPSA) is 83.9 Å². The molecule has 4 heterocycles. The predicted molar refractivity (Wildman–Crippen MR) is 157 cm³/mol. The van der Waals surface area contributed by atoms with Gasteiger partial charge in [-0.3, -0.25) is 9.59 Å². The Morgan fingerprint density at radius 2 is 1.85 bits per heavy atom. The fraction of sp³-hybridized carbons (Fsp3) is 0.485. The van der Waals surface area contributed by atoms with Gasteiger partial charge in [0.2, 0.25) is 11.8 Å². The van der Waals surface area contributed by atoms with Crippen LogP contribution in [0.5, 0.6) is 0 Å². The zero-order chi connectivity index (χ0) is 29.1. The highest BCUT2D eigenvalue weighted by Crippen LogP contribution is 2.56. The lowest BCUT2D eigenvalue weighted by atomic mass is 9.69. The van der Waals surface area contributed by atoms with E-state index in [9.17, 15) is 14.4 Å². The fourth-order valence-corrected chi connectivity index (χ4v) is 7.60. The fourth-order valence-electron chi connectivity index (χ4n) is 7.60. The first-order valence-electron chi connectivity index (χ1n) is 14.8. The maximum atomic E-state index is 14.5. The van der Waals surface area contributed by atoms with Crippen molar-refractivity contribution < 1.29 is 19.1 Å². The summed E-state index contributed by atoms with van der Waals surface area (Å²) in [6.45, 7) is 9.35. The normalized spacial score (nSPS) is 27.0. The molecule has 3 aromatic rings. The number of aromatic nitrogens is 1. The van der Waals surface area contributed by atoms with Gasteiger partial charge in [-0.15, -0.1) is 0 Å². The van der Waals surface area contributed by atoms with E-state index in [1.165, 1.54) is 5.56 Å². The van der Waals surface area contributed by atoms with E-state index in [2.05, 4.69) is 49.0 Å². The Morgan fingerprint density at radius 3 is 2.61 bits per heavy atom. The number of alkyl carbamates (subject to hydrolysis) is 1. The number of fused-ring (bicyclic) bond motifs is 5. The molecule has 216 valence electrons. The van der Waals surface area contributed by atoms with Crippen molar-refractivity contribution in [2.24, 2.45) is 7.05 Å². The summed E-state index contributed by atoms with van der Waals surface area (Å²) in [6, 6.07) is 15.8. The molecule has 8 heteroatoms. The summed E-state index contributed by atoms with van der Waals surface area (Å²) in [5.41, 5.74) is 3.67. The van der Waals surface area contributed by atoms with Gasteiger partial charge in [0, 0.05) is 42.7 Å². The molecule has 1 aromatic heterocycles. The molecule has 8 nitrogen and oxygen atoms in total. The summed E-state index contributed by atoms with van der Waals surface area (Å²) in [7, 11) is 2.07. The summed E-state index contributed by atoms with van der Waals surface area (Å²) >= 11 is 0. The van der Waals surface area contributed by atoms with Gasteiger partial charge in [-0.2, -0.15) is 0 Å². The van der Waals surface area contributed by atoms with E-state index in [-0.39, 0.29) is 30.4 Å². The van der Waals surface area contributed by atoms with Crippen LogP contribution in [0.2, 0.25) is 0 Å². The van der Waals surface area contributed by atoms with Crippen molar-refractivity contribution in [2.75, 3.05) is 13.1 Å². The van der Waals surface area contributed by atoms with Crippen molar-refractivity contribution >= 4 is 28.8 Å². The molecule has 3 aliphatic heterocycles. The van der Waals surface area contributed by atoms with Gasteiger partial charge >= 0.3 is 6.09 Å². The molecule has 2 saturated heterocycles. The third kappa shape index (κ3) is 4.05. The molecule has 2 fully saturated rings. The molecule has 1 N–H and O–H groups in total. The standard InChI is InChI=1S/C33H40N4O4/c1-21-14-15-24-26(19-21)35(5)28-25(13-9-17-34-31(40)41-20-23-11-7-6-8-12-23)37-29(38)32(3)16-10-18-36(32)30(39)33(37,4)22(2)27(24)28/h6-8,11-12,14-15,19,22,25H,9-10,13,16-18,20H2,1-5H3,(H,34,40). The number of carbonyl (C=O) groups excluding carboxylic acids is 3. The number of nitrogens with zero attached hydrogens (tertiary/aromatic N) is 3. The van der Waals surface area contributed by atoms with Crippen LogP contribution in [-0.2, 0) is 28.0 Å². The summed E-state index contributed by atoms with van der Waals surface area (Å²) < 4.78 is 7.61. The third-order valence-corrected chi connectivity index (χ3v) is 9.98. The predicted octanol–water partition coefficient (Wildman–Crippen LogP) is 5.33. The highest BCUT2D eigenvalue weighted by atomic mass is 16.5. The van der Waals surface area contributed by atoms with E-state index in [4.69, 9.17) is 4.74 Å². The number of amides is 3. The molecule has 2 aromatic carbocycles. The number of hydrogen-bond donors (Lipinski definition) is 1. The van der Waals surface area contributed by atoms with E-state index < -0.39 is 17.2 Å². The molecule has 0 spiro atoms. The number of ether oxygens (including phenoxy) is 1. The molecule has 0 aliphatic carbocycles. The van der Waals surface area contributed by atoms with Gasteiger partial charge < -0.3 is 24.4 Å². The first-order chi connectivity index (χ1) is 19.6. The van der Waals surface area contributed by atoms with Gasteiger partial charge in [-0.05, 0) is 69.2 Å². The average molecular weight is 557 g/mol. The number of benzene rings is 2. The SMILES string of the molecule is Cc1ccc2c3c(n(C)c2c1)C(CCCNC(=O)OCc1ccccc1)N1C(=O)C2(C)CCCN2C(=O)C1(C)C3C. The Kier molecular flexibility index (Phi) is 6.63. The molecule has 0 radical (unpaired) electrons. The van der Waals surface area contributed by atoms with Crippen molar-refractivity contribution in [3.8, 4) is 0 Å². The minimum atomic E-state index is -0.986. The summed E-state index contributed by atoms with van der Waals surface area (Å²) in [6.07, 6.45) is 2.30. The number of piperazine rings is 1. The Bertz CT molecular complexity index is 1530. The van der Waals surface area contributed by atoms with Crippen LogP contribution in [0.1, 0.15) is 80.8 Å². The van der Waals surface area contributed by atoms with Crippen LogP contribution in [0.4, 0.5) is 4.79 Å². The zero-order valence-electron chi connectivity index (χ0n) is 24.7. The van der Waals surface area contributed by atoms with Crippen LogP contribution >= 0.6 is 0 Å². The van der Waals surface area contributed by atoms with E-state index in [0.717, 1.165) is 34.1 Å². The molecule has 0 bridgehead atoms. The minimum Gasteiger partial charge on any atom is -0.445 e. The second-order valence-corrected chi connectivity index (χ2v) is 12.4. The summed E-state index contributed by atoms with van der Waals surface area (Å²) in [5.74, 6) is -0.0870. The molecule has 4 unspecified atom stereocenters. The first-order valence-corrected chi connectivity index (χ1v) is 14.8. The Balaban J connectivity index is 1.32. The molecule has 6 rings (SSSR count). The van der Waals surface area contributed by atoms with E-state index in [1.807, 2.05) is 54.0 Å². The molecular formula is C33H40N4O4. The lowest BCUT2D eigenvalue weighted by Crippen LogP contribution is -2.76. The molecular weight excluding hydrogens is 516 g/mol. The smallest absolute Gasteiger partial charge is 0.407 e. The molecule has 41 heavy (non-hydrogen) atoms. The largest absolute Gasteiger partial charge is 0.445 e. The van der Waals surface area contributed by atoms with E-state index in [0.29, 0.717) is 32.4 Å². The lowest BCUT2D eigenvalue weighted by molar-refractivity contribution is -0.182. The van der Waals surface area contributed by atoms with Gasteiger partial charge in [0.15, 0.2) is 0 Å². The third-order valence-electron chi connectivity index (χ3n) is 9.98. The first kappa shape index (κ1) is 27.4. The van der Waals surface area contributed by atoms with Crippen molar-refractivity contribution in [3.05, 3.63) is 70.9 Å². The van der Waals surface area contributed by atoms with Crippen LogP contribution < -0.4 is 5.32 Å². The van der Waals surface area contributed by atoms with Crippen molar-refractivity contribution in [3.63, 3.8) is 0 Å². The highest BCUT2D eigenvalue weighted by Gasteiger charge is 2.66. The van der Waals surface area contributed by atoms with Crippen LogP contribution in [0, 0.1) is 6.92 Å². The van der Waals surface area contributed by atoms with Crippen molar-refractivity contribution in [2.45, 2.75) is 83.0 Å². The van der Waals surface area contributed by atoms with Gasteiger partial charge in [-0.1, -0.05) is 49.4 Å². The lowest BCUT2D eigenvalue weighted by Gasteiger charge is -2.60. The average Bonchev–Trinajstić information content (AvgIpc) is 3.50. The summed E-state index contributed by atoms with van der Waals surface area (Å²) in [4.78, 5) is 45.0. The number of rotatable bonds is 6. The maximum Gasteiger partial charge on any atom is 0.407 e. The van der Waals surface area contributed by atoms with Gasteiger partial charge in [0.1, 0.15) is 17.7 Å². The zero-order valence-corrected chi connectivity index (χ0v) is 24.7. The second-order valence-electron chi connectivity index (χ2n) is 12.4. The summed E-state index contributed by atoms with van der Waals surface area (Å²) in [5, 5.41) is 4.02. The van der Waals surface area contributed by atoms with Crippen molar-refractivity contribution in [1.82, 2.24) is 19.7 Å². The Hall–Kier alpha value is -3.81. The Labute approximate surface area is 241 Å². The van der Waals surface area contributed by atoms with Gasteiger partial charge in [0.25, 0.3) is 0 Å². The van der Waals surface area contributed by atoms with Crippen LogP contribution in [0.15, 0.2) is 48.5 Å². The second kappa shape index (κ2) is 9.93. The molecule has 3 amide bonds. The molecule has 0 saturated carbocycles. The minimum absolute atomic E-state index is 0.0382. The molecule has 3 aliphatic rings. The monoisotopic (exact) mass is 556 g/mol. The number of nitrogens with one attached hydrogen (secondary N) is 1. The van der Waals surface area contributed by atoms with Crippen LogP contribution in [0.25, 0.3) is 10.9 Å². The quantitative estimate of drug-likeness (QED) is 0.416. The van der Waals surface area contributed by atoms with Crippen LogP contribution in [0.3, 0.4) is 0 Å². The highest BCUT2D eigenvalue weighted by molar-refractivity contribution is 6.04. The van der Waals surface area contributed by atoms with Gasteiger partial charge in [-0.25, -0.2) is 4.79 Å².